The highest BCUT2D eigenvalue weighted by Crippen LogP contribution is 2.37. The summed E-state index contributed by atoms with van der Waals surface area (Å²) in [6, 6.07) is 5.11. The predicted molar refractivity (Wildman–Crippen MR) is 75.1 cm³/mol. The molecule has 102 valence electrons. The van der Waals surface area contributed by atoms with E-state index in [4.69, 9.17) is 0 Å². The van der Waals surface area contributed by atoms with Crippen molar-refractivity contribution in [2.24, 2.45) is 14.6 Å². The maximum atomic E-state index is 12.4. The van der Waals surface area contributed by atoms with E-state index < -0.39 is 10.0 Å². The lowest BCUT2D eigenvalue weighted by atomic mass is 10.1. The van der Waals surface area contributed by atoms with Gasteiger partial charge in [0.15, 0.2) is 0 Å². The molecular weight excluding hydrogens is 282 g/mol. The molecule has 5 nitrogen and oxygen atoms in total. The Balaban J connectivity index is 1.89. The fraction of sp³-hybridized carbons (Fsp3) is 0.500. The zero-order valence-electron chi connectivity index (χ0n) is 10.5. The number of hydrogen-bond donors (Lipinski definition) is 1. The van der Waals surface area contributed by atoms with Crippen molar-refractivity contribution in [2.75, 3.05) is 0 Å². The van der Waals surface area contributed by atoms with E-state index in [-0.39, 0.29) is 10.9 Å². The van der Waals surface area contributed by atoms with Crippen LogP contribution in [0.3, 0.4) is 0 Å². The van der Waals surface area contributed by atoms with Gasteiger partial charge in [-0.15, -0.1) is 0 Å². The number of nitrogens with zero attached hydrogens (tertiary/aromatic N) is 2. The summed E-state index contributed by atoms with van der Waals surface area (Å²) < 4.78 is 35.8. The van der Waals surface area contributed by atoms with Crippen LogP contribution in [0.2, 0.25) is 0 Å². The average molecular weight is 297 g/mol. The van der Waals surface area contributed by atoms with Gasteiger partial charge in [0.05, 0.1) is 11.4 Å². The molecule has 1 aliphatic carbocycles. The van der Waals surface area contributed by atoms with Crippen molar-refractivity contribution in [1.29, 1.82) is 0 Å². The van der Waals surface area contributed by atoms with E-state index in [1.54, 1.807) is 18.2 Å². The first-order valence-corrected chi connectivity index (χ1v) is 8.51. The molecule has 7 heteroatoms. The maximum Gasteiger partial charge on any atom is 0.243 e. The Kier molecular flexibility index (Phi) is 3.28. The lowest BCUT2D eigenvalue weighted by Crippen LogP contribution is -2.32. The molecule has 2 atom stereocenters. The summed E-state index contributed by atoms with van der Waals surface area (Å²) in [5.74, 6) is 0.587. The first kappa shape index (κ1) is 13.0. The Hall–Kier alpha value is -1.05. The molecule has 0 radical (unpaired) electrons. The van der Waals surface area contributed by atoms with Gasteiger partial charge in [-0.25, -0.2) is 13.1 Å². The Morgan fingerprint density at radius 2 is 2.16 bits per heavy atom. The van der Waals surface area contributed by atoms with E-state index in [0.717, 1.165) is 30.6 Å². The molecule has 0 bridgehead atoms. The van der Waals surface area contributed by atoms with Crippen LogP contribution in [0.4, 0.5) is 11.4 Å². The van der Waals surface area contributed by atoms with E-state index in [1.165, 1.54) is 0 Å². The smallest absolute Gasteiger partial charge is 0.208 e. The van der Waals surface area contributed by atoms with Gasteiger partial charge in [0.25, 0.3) is 0 Å². The molecule has 1 saturated carbocycles. The number of hydrogen-bond acceptors (Lipinski definition) is 4. The molecule has 1 N–H and O–H groups in total. The van der Waals surface area contributed by atoms with Gasteiger partial charge in [-0.1, -0.05) is 13.0 Å². The summed E-state index contributed by atoms with van der Waals surface area (Å²) in [6.07, 6.45) is 2.89. The Labute approximate surface area is 116 Å². The van der Waals surface area contributed by atoms with E-state index in [9.17, 15) is 8.42 Å². The van der Waals surface area contributed by atoms with Crippen LogP contribution >= 0.6 is 0 Å². The van der Waals surface area contributed by atoms with E-state index >= 15 is 0 Å². The molecule has 3 rings (SSSR count). The second kappa shape index (κ2) is 4.81. The van der Waals surface area contributed by atoms with Gasteiger partial charge >= 0.3 is 0 Å². The van der Waals surface area contributed by atoms with Crippen molar-refractivity contribution < 1.29 is 8.42 Å². The second-order valence-electron chi connectivity index (χ2n) is 5.12. The van der Waals surface area contributed by atoms with E-state index in [1.807, 2.05) is 0 Å². The number of fused-ring (bicyclic) bond motifs is 1. The topological polar surface area (TPSA) is 70.9 Å². The van der Waals surface area contributed by atoms with Crippen LogP contribution < -0.4 is 4.72 Å². The molecule has 1 aromatic rings. The molecule has 0 spiro atoms. The van der Waals surface area contributed by atoms with Crippen LogP contribution in [0, 0.1) is 5.92 Å². The van der Waals surface area contributed by atoms with E-state index in [0.29, 0.717) is 17.3 Å². The summed E-state index contributed by atoms with van der Waals surface area (Å²) in [4.78, 5) is 0.235. The van der Waals surface area contributed by atoms with Crippen molar-refractivity contribution in [3.63, 3.8) is 0 Å². The molecule has 1 heterocycles. The van der Waals surface area contributed by atoms with Gasteiger partial charge in [0.2, 0.25) is 10.0 Å². The molecule has 19 heavy (non-hydrogen) atoms. The molecule has 0 saturated heterocycles. The van der Waals surface area contributed by atoms with Crippen molar-refractivity contribution in [1.82, 2.24) is 4.72 Å². The van der Waals surface area contributed by atoms with Gasteiger partial charge in [-0.05, 0) is 37.3 Å². The molecule has 0 aromatic heterocycles. The predicted octanol–water partition coefficient (Wildman–Crippen LogP) is 2.88. The van der Waals surface area contributed by atoms with Crippen LogP contribution in [-0.2, 0) is 21.4 Å². The monoisotopic (exact) mass is 297 g/mol. The zero-order chi connectivity index (χ0) is 13.5. The Morgan fingerprint density at radius 1 is 1.32 bits per heavy atom. The van der Waals surface area contributed by atoms with Crippen LogP contribution in [0.1, 0.15) is 26.2 Å². The fourth-order valence-corrected chi connectivity index (χ4v) is 4.65. The molecule has 1 aromatic carbocycles. The number of rotatable bonds is 3. The standard InChI is InChI=1S/C12H15N3O2S2/c1-8-5-6-9(7-8)15-19(16,17)11-4-2-3-10-12(11)14-18-13-10/h2-4,8-9,15H,5-7H2,1H3. The second-order valence-corrected chi connectivity index (χ2v) is 7.34. The van der Waals surface area contributed by atoms with Crippen LogP contribution in [0.5, 0.6) is 0 Å². The summed E-state index contributed by atoms with van der Waals surface area (Å²) in [5.41, 5.74) is 1.10. The fourth-order valence-electron chi connectivity index (χ4n) is 2.60. The minimum atomic E-state index is -3.51. The third kappa shape index (κ3) is 2.50. The van der Waals surface area contributed by atoms with Gasteiger partial charge in [0, 0.05) is 6.04 Å². The quantitative estimate of drug-likeness (QED) is 0.946. The highest BCUT2D eigenvalue weighted by atomic mass is 32.2. The Bertz CT molecular complexity index is 678. The van der Waals surface area contributed by atoms with Crippen molar-refractivity contribution in [3.05, 3.63) is 18.2 Å². The first-order chi connectivity index (χ1) is 9.06. The number of benzene rings is 1. The van der Waals surface area contributed by atoms with Crippen LogP contribution in [0.15, 0.2) is 31.8 Å². The lowest BCUT2D eigenvalue weighted by molar-refractivity contribution is 0.538. The third-order valence-corrected chi connectivity index (χ3v) is 5.65. The summed E-state index contributed by atoms with van der Waals surface area (Å²) in [6.45, 7) is 2.15. The minimum Gasteiger partial charge on any atom is -0.208 e. The summed E-state index contributed by atoms with van der Waals surface area (Å²) >= 11 is 1.03. The van der Waals surface area contributed by atoms with Crippen LogP contribution in [-0.4, -0.2) is 14.5 Å². The largest absolute Gasteiger partial charge is 0.243 e. The molecular formula is C12H15N3O2S2. The molecule has 2 unspecified atom stereocenters. The first-order valence-electron chi connectivity index (χ1n) is 6.30. The SMILES string of the molecule is CC1CCC(NS(=O)(=O)c2cccc3c2N=S=N3)C1. The molecule has 0 amide bonds. The lowest BCUT2D eigenvalue weighted by Gasteiger charge is -2.14. The average Bonchev–Trinajstić information content (AvgIpc) is 2.96. The van der Waals surface area contributed by atoms with Crippen molar-refractivity contribution >= 4 is 32.8 Å². The zero-order valence-corrected chi connectivity index (χ0v) is 12.2. The van der Waals surface area contributed by atoms with E-state index in [2.05, 4.69) is 20.4 Å². The third-order valence-electron chi connectivity index (χ3n) is 3.56. The normalized spacial score (nSPS) is 25.3. The Morgan fingerprint density at radius 3 is 2.89 bits per heavy atom. The van der Waals surface area contributed by atoms with Crippen molar-refractivity contribution in [2.45, 2.75) is 37.1 Å². The molecule has 2 aliphatic rings. The van der Waals surface area contributed by atoms with Gasteiger partial charge in [0.1, 0.15) is 16.3 Å². The highest BCUT2D eigenvalue weighted by Gasteiger charge is 2.29. The van der Waals surface area contributed by atoms with Gasteiger partial charge in [-0.3, -0.25) is 0 Å². The summed E-state index contributed by atoms with van der Waals surface area (Å²) in [5, 5.41) is 0. The molecule has 1 aliphatic heterocycles. The molecule has 1 fully saturated rings. The van der Waals surface area contributed by atoms with Gasteiger partial charge in [-0.2, -0.15) is 8.73 Å². The highest BCUT2D eigenvalue weighted by molar-refractivity contribution is 7.89. The number of nitrogens with one attached hydrogen (secondary N) is 1. The summed E-state index contributed by atoms with van der Waals surface area (Å²) in [7, 11) is -3.51. The maximum absolute atomic E-state index is 12.4. The number of sulfonamides is 1. The minimum absolute atomic E-state index is 0.0434. The van der Waals surface area contributed by atoms with Gasteiger partial charge < -0.3 is 0 Å². The van der Waals surface area contributed by atoms with Crippen LogP contribution in [0.25, 0.3) is 0 Å². The van der Waals surface area contributed by atoms with Crippen molar-refractivity contribution in [3.8, 4) is 0 Å².